The van der Waals surface area contributed by atoms with Gasteiger partial charge in [0.05, 0.1) is 5.69 Å². The standard InChI is InChI=1S/C22H19FN6O3/c23-14-6-8-15(9-7-14)29-18(20(24)31)12-17(26-29)22-25-21(27-32-22)13-3-1-4-16(11-13)28-10-2-5-19(28)30/h1,3-4,6-9,11,18H,2,5,10,12H2,(H2,24,31). The number of anilines is 2. The lowest BCUT2D eigenvalue weighted by molar-refractivity contribution is -0.119. The molecule has 1 atom stereocenters. The van der Waals surface area contributed by atoms with E-state index in [-0.39, 0.29) is 18.2 Å². The van der Waals surface area contributed by atoms with Crippen LogP contribution in [0.15, 0.2) is 58.2 Å². The van der Waals surface area contributed by atoms with E-state index in [2.05, 4.69) is 15.2 Å². The zero-order valence-corrected chi connectivity index (χ0v) is 16.9. The topological polar surface area (TPSA) is 118 Å². The fraction of sp³-hybridized carbons (Fsp3) is 0.227. The second kappa shape index (κ2) is 7.88. The van der Waals surface area contributed by atoms with E-state index >= 15 is 0 Å². The maximum absolute atomic E-state index is 13.3. The van der Waals surface area contributed by atoms with E-state index in [1.165, 1.54) is 29.3 Å². The first-order valence-electron chi connectivity index (χ1n) is 10.2. The van der Waals surface area contributed by atoms with Crippen molar-refractivity contribution in [2.24, 2.45) is 10.8 Å². The van der Waals surface area contributed by atoms with E-state index in [0.29, 0.717) is 35.8 Å². The Morgan fingerprint density at radius 1 is 1.16 bits per heavy atom. The monoisotopic (exact) mass is 434 g/mol. The van der Waals surface area contributed by atoms with Gasteiger partial charge in [-0.3, -0.25) is 14.6 Å². The summed E-state index contributed by atoms with van der Waals surface area (Å²) in [6.45, 7) is 0.685. The van der Waals surface area contributed by atoms with E-state index in [0.717, 1.165) is 12.1 Å². The molecule has 162 valence electrons. The van der Waals surface area contributed by atoms with Crippen molar-refractivity contribution < 1.29 is 18.5 Å². The molecule has 10 heteroatoms. The van der Waals surface area contributed by atoms with Crippen LogP contribution in [0.4, 0.5) is 15.8 Å². The number of hydrazone groups is 1. The number of aromatic nitrogens is 2. The molecule has 2 N–H and O–H groups in total. The van der Waals surface area contributed by atoms with Crippen molar-refractivity contribution in [3.05, 3.63) is 60.2 Å². The Balaban J connectivity index is 1.43. The van der Waals surface area contributed by atoms with Crippen LogP contribution >= 0.6 is 0 Å². The van der Waals surface area contributed by atoms with E-state index in [1.807, 2.05) is 24.3 Å². The first kappa shape index (κ1) is 19.9. The molecule has 2 aromatic carbocycles. The van der Waals surface area contributed by atoms with Gasteiger partial charge in [0.15, 0.2) is 0 Å². The van der Waals surface area contributed by atoms with Crippen LogP contribution < -0.4 is 15.6 Å². The zero-order chi connectivity index (χ0) is 22.2. The van der Waals surface area contributed by atoms with Gasteiger partial charge in [0.1, 0.15) is 17.6 Å². The highest BCUT2D eigenvalue weighted by Gasteiger charge is 2.35. The van der Waals surface area contributed by atoms with Gasteiger partial charge in [-0.25, -0.2) is 4.39 Å². The van der Waals surface area contributed by atoms with Crippen molar-refractivity contribution in [1.82, 2.24) is 10.1 Å². The van der Waals surface area contributed by atoms with Crippen LogP contribution in [0.5, 0.6) is 0 Å². The molecule has 0 bridgehead atoms. The highest BCUT2D eigenvalue weighted by molar-refractivity contribution is 6.04. The molecule has 0 saturated carbocycles. The van der Waals surface area contributed by atoms with E-state index in [4.69, 9.17) is 10.3 Å². The summed E-state index contributed by atoms with van der Waals surface area (Å²) in [6, 6.07) is 12.2. The minimum atomic E-state index is -0.754. The normalized spacial score (nSPS) is 18.3. The molecule has 3 aromatic rings. The first-order chi connectivity index (χ1) is 15.5. The first-order valence-corrected chi connectivity index (χ1v) is 10.2. The summed E-state index contributed by atoms with van der Waals surface area (Å²) in [4.78, 5) is 30.2. The summed E-state index contributed by atoms with van der Waals surface area (Å²) in [5.74, 6) is -0.372. The fourth-order valence-corrected chi connectivity index (χ4v) is 3.88. The summed E-state index contributed by atoms with van der Waals surface area (Å²) < 4.78 is 18.7. The Morgan fingerprint density at radius 3 is 2.69 bits per heavy atom. The third-order valence-corrected chi connectivity index (χ3v) is 5.49. The van der Waals surface area contributed by atoms with Crippen molar-refractivity contribution in [3.8, 4) is 11.4 Å². The summed E-state index contributed by atoms with van der Waals surface area (Å²) in [5, 5.41) is 9.91. The van der Waals surface area contributed by atoms with Crippen molar-refractivity contribution >= 4 is 28.9 Å². The van der Waals surface area contributed by atoms with Crippen LogP contribution in [0, 0.1) is 5.82 Å². The Kier molecular flexibility index (Phi) is 4.89. The molecule has 5 rings (SSSR count). The molecule has 2 aliphatic heterocycles. The highest BCUT2D eigenvalue weighted by Crippen LogP contribution is 2.29. The average molecular weight is 434 g/mol. The molecule has 32 heavy (non-hydrogen) atoms. The lowest BCUT2D eigenvalue weighted by Crippen LogP contribution is -2.39. The van der Waals surface area contributed by atoms with E-state index in [1.54, 1.807) is 4.90 Å². The predicted molar refractivity (Wildman–Crippen MR) is 114 cm³/mol. The van der Waals surface area contributed by atoms with Gasteiger partial charge in [0, 0.05) is 30.6 Å². The van der Waals surface area contributed by atoms with Crippen molar-refractivity contribution in [2.75, 3.05) is 16.5 Å². The van der Waals surface area contributed by atoms with Crippen molar-refractivity contribution in [1.29, 1.82) is 0 Å². The molecule has 0 aliphatic carbocycles. The molecule has 2 aliphatic rings. The van der Waals surface area contributed by atoms with Crippen LogP contribution in [-0.2, 0) is 9.59 Å². The molecule has 0 radical (unpaired) electrons. The highest BCUT2D eigenvalue weighted by atomic mass is 19.1. The van der Waals surface area contributed by atoms with Gasteiger partial charge >= 0.3 is 0 Å². The third kappa shape index (κ3) is 3.59. The molecule has 1 saturated heterocycles. The number of halogens is 1. The molecule has 0 spiro atoms. The lowest BCUT2D eigenvalue weighted by atomic mass is 10.1. The Bertz CT molecular complexity index is 1220. The molecule has 2 amide bonds. The third-order valence-electron chi connectivity index (χ3n) is 5.49. The summed E-state index contributed by atoms with van der Waals surface area (Å²) in [6.07, 6.45) is 1.56. The quantitative estimate of drug-likeness (QED) is 0.659. The zero-order valence-electron chi connectivity index (χ0n) is 16.9. The van der Waals surface area contributed by atoms with Gasteiger partial charge in [-0.1, -0.05) is 17.3 Å². The van der Waals surface area contributed by atoms with E-state index < -0.39 is 17.8 Å². The Morgan fingerprint density at radius 2 is 1.97 bits per heavy atom. The predicted octanol–water partition coefficient (Wildman–Crippen LogP) is 2.47. The van der Waals surface area contributed by atoms with Gasteiger partial charge in [-0.05, 0) is 42.8 Å². The number of hydrogen-bond acceptors (Lipinski definition) is 7. The smallest absolute Gasteiger partial charge is 0.274 e. The number of amides is 2. The van der Waals surface area contributed by atoms with Gasteiger partial charge < -0.3 is 15.2 Å². The Labute approximate surface area is 182 Å². The molecular formula is C22H19FN6O3. The number of primary amides is 1. The number of carbonyl (C=O) groups excluding carboxylic acids is 2. The second-order valence-electron chi connectivity index (χ2n) is 7.61. The fourth-order valence-electron chi connectivity index (χ4n) is 3.88. The summed E-state index contributed by atoms with van der Waals surface area (Å²) in [5.41, 5.74) is 7.95. The number of hydrogen-bond donors (Lipinski definition) is 1. The lowest BCUT2D eigenvalue weighted by Gasteiger charge is -2.20. The molecule has 3 heterocycles. The second-order valence-corrected chi connectivity index (χ2v) is 7.61. The maximum atomic E-state index is 13.3. The minimum absolute atomic E-state index is 0.0923. The molecule has 1 aromatic heterocycles. The van der Waals surface area contributed by atoms with E-state index in [9.17, 15) is 14.0 Å². The van der Waals surface area contributed by atoms with Gasteiger partial charge in [0.25, 0.3) is 5.89 Å². The van der Waals surface area contributed by atoms with Gasteiger partial charge in [-0.2, -0.15) is 10.1 Å². The van der Waals surface area contributed by atoms with Crippen LogP contribution in [0.3, 0.4) is 0 Å². The number of rotatable bonds is 5. The minimum Gasteiger partial charge on any atom is -0.368 e. The number of carbonyl (C=O) groups is 2. The largest absolute Gasteiger partial charge is 0.368 e. The van der Waals surface area contributed by atoms with Crippen LogP contribution in [-0.4, -0.2) is 40.3 Å². The molecule has 1 unspecified atom stereocenters. The Hall–Kier alpha value is -4.08. The summed E-state index contributed by atoms with van der Waals surface area (Å²) in [7, 11) is 0. The number of nitrogens with two attached hydrogens (primary N) is 1. The van der Waals surface area contributed by atoms with Crippen LogP contribution in [0.25, 0.3) is 11.4 Å². The van der Waals surface area contributed by atoms with Gasteiger partial charge in [0.2, 0.25) is 17.6 Å². The molecule has 1 fully saturated rings. The van der Waals surface area contributed by atoms with Crippen molar-refractivity contribution in [3.63, 3.8) is 0 Å². The number of benzene rings is 2. The average Bonchev–Trinajstić information content (AvgIpc) is 3.53. The number of nitrogens with zero attached hydrogens (tertiary/aromatic N) is 5. The van der Waals surface area contributed by atoms with Crippen LogP contribution in [0.2, 0.25) is 0 Å². The SMILES string of the molecule is NC(=O)C1CC(c2nc(-c3cccc(N4CCCC4=O)c3)no2)=NN1c1ccc(F)cc1. The molecular weight excluding hydrogens is 415 g/mol. The summed E-state index contributed by atoms with van der Waals surface area (Å²) >= 11 is 0. The van der Waals surface area contributed by atoms with Crippen LogP contribution in [0.1, 0.15) is 25.2 Å². The van der Waals surface area contributed by atoms with Gasteiger partial charge in [-0.15, -0.1) is 0 Å². The molecule has 9 nitrogen and oxygen atoms in total. The van der Waals surface area contributed by atoms with Crippen molar-refractivity contribution in [2.45, 2.75) is 25.3 Å². The maximum Gasteiger partial charge on any atom is 0.274 e.